The summed E-state index contributed by atoms with van der Waals surface area (Å²) in [6, 6.07) is 6.23. The van der Waals surface area contributed by atoms with E-state index in [9.17, 15) is 0 Å². The van der Waals surface area contributed by atoms with Crippen LogP contribution in [0.1, 0.15) is 36.9 Å². The van der Waals surface area contributed by atoms with Crippen LogP contribution in [0.3, 0.4) is 0 Å². The van der Waals surface area contributed by atoms with Gasteiger partial charge in [0.2, 0.25) is 0 Å². The number of rotatable bonds is 9. The highest BCUT2D eigenvalue weighted by atomic mass is 16.5. The van der Waals surface area contributed by atoms with E-state index in [1.54, 1.807) is 7.11 Å². The van der Waals surface area contributed by atoms with Gasteiger partial charge in [0.05, 0.1) is 13.7 Å². The van der Waals surface area contributed by atoms with Crippen molar-refractivity contribution in [3.8, 4) is 5.75 Å². The van der Waals surface area contributed by atoms with E-state index < -0.39 is 0 Å². The molecule has 1 atom stereocenters. The van der Waals surface area contributed by atoms with E-state index in [-0.39, 0.29) is 6.04 Å². The average Bonchev–Trinajstić information content (AvgIpc) is 3.27. The SMILES string of the molecule is COc1ccc(C(C)N)cc1CN(C)CCOCC1CC1. The van der Waals surface area contributed by atoms with Crippen molar-refractivity contribution in [2.45, 2.75) is 32.4 Å². The second-order valence-corrected chi connectivity index (χ2v) is 6.12. The van der Waals surface area contributed by atoms with Crippen molar-refractivity contribution >= 4 is 0 Å². The number of methoxy groups -OCH3 is 1. The van der Waals surface area contributed by atoms with Crippen molar-refractivity contribution in [3.05, 3.63) is 29.3 Å². The summed E-state index contributed by atoms with van der Waals surface area (Å²) in [4.78, 5) is 2.26. The van der Waals surface area contributed by atoms with Crippen molar-refractivity contribution in [2.75, 3.05) is 33.9 Å². The molecule has 1 unspecified atom stereocenters. The highest BCUT2D eigenvalue weighted by molar-refractivity contribution is 5.38. The minimum Gasteiger partial charge on any atom is -0.496 e. The van der Waals surface area contributed by atoms with Gasteiger partial charge in [-0.2, -0.15) is 0 Å². The van der Waals surface area contributed by atoms with Gasteiger partial charge in [0.1, 0.15) is 5.75 Å². The van der Waals surface area contributed by atoms with Crippen LogP contribution in [-0.2, 0) is 11.3 Å². The van der Waals surface area contributed by atoms with Crippen LogP contribution < -0.4 is 10.5 Å². The number of likely N-dealkylation sites (N-methyl/N-ethyl adjacent to an activating group) is 1. The van der Waals surface area contributed by atoms with Crippen LogP contribution in [0.25, 0.3) is 0 Å². The zero-order valence-corrected chi connectivity index (χ0v) is 13.5. The fraction of sp³-hybridized carbons (Fsp3) is 0.647. The molecule has 0 aliphatic heterocycles. The monoisotopic (exact) mass is 292 g/mol. The van der Waals surface area contributed by atoms with Gasteiger partial charge in [0.25, 0.3) is 0 Å². The minimum atomic E-state index is 0.0434. The molecule has 0 amide bonds. The predicted octanol–water partition coefficient (Wildman–Crippen LogP) is 2.57. The molecule has 118 valence electrons. The van der Waals surface area contributed by atoms with Crippen LogP contribution in [0.5, 0.6) is 5.75 Å². The van der Waals surface area contributed by atoms with Crippen LogP contribution in [-0.4, -0.2) is 38.8 Å². The number of hydrogen-bond donors (Lipinski definition) is 1. The van der Waals surface area contributed by atoms with Crippen LogP contribution >= 0.6 is 0 Å². The topological polar surface area (TPSA) is 47.7 Å². The predicted molar refractivity (Wildman–Crippen MR) is 85.5 cm³/mol. The molecular formula is C17H28N2O2. The first-order chi connectivity index (χ1) is 10.1. The number of ether oxygens (including phenoxy) is 2. The molecule has 1 saturated carbocycles. The fourth-order valence-electron chi connectivity index (χ4n) is 2.33. The van der Waals surface area contributed by atoms with Crippen LogP contribution in [0.15, 0.2) is 18.2 Å². The Morgan fingerprint density at radius 1 is 1.38 bits per heavy atom. The molecule has 0 radical (unpaired) electrons. The highest BCUT2D eigenvalue weighted by Gasteiger charge is 2.21. The smallest absolute Gasteiger partial charge is 0.123 e. The van der Waals surface area contributed by atoms with Crippen molar-refractivity contribution < 1.29 is 9.47 Å². The summed E-state index contributed by atoms with van der Waals surface area (Å²) in [5.74, 6) is 1.75. The summed E-state index contributed by atoms with van der Waals surface area (Å²) in [6.07, 6.45) is 2.69. The van der Waals surface area contributed by atoms with E-state index in [1.165, 1.54) is 18.4 Å². The molecule has 1 fully saturated rings. The second kappa shape index (κ2) is 7.78. The molecule has 1 aliphatic rings. The van der Waals surface area contributed by atoms with Crippen molar-refractivity contribution in [2.24, 2.45) is 11.7 Å². The number of nitrogens with two attached hydrogens (primary N) is 1. The molecule has 4 heteroatoms. The molecule has 1 aliphatic carbocycles. The maximum atomic E-state index is 5.96. The molecule has 2 rings (SSSR count). The highest BCUT2D eigenvalue weighted by Crippen LogP contribution is 2.28. The molecule has 2 N–H and O–H groups in total. The molecule has 0 heterocycles. The van der Waals surface area contributed by atoms with Crippen molar-refractivity contribution in [3.63, 3.8) is 0 Å². The van der Waals surface area contributed by atoms with E-state index in [2.05, 4.69) is 18.0 Å². The summed E-state index contributed by atoms with van der Waals surface area (Å²) in [6.45, 7) is 5.50. The van der Waals surface area contributed by atoms with Gasteiger partial charge < -0.3 is 15.2 Å². The van der Waals surface area contributed by atoms with Gasteiger partial charge in [-0.25, -0.2) is 0 Å². The molecular weight excluding hydrogens is 264 g/mol. The Labute approximate surface area is 128 Å². The van der Waals surface area contributed by atoms with Gasteiger partial charge in [0.15, 0.2) is 0 Å². The fourth-order valence-corrected chi connectivity index (χ4v) is 2.33. The first-order valence-electron chi connectivity index (χ1n) is 7.79. The van der Waals surface area contributed by atoms with E-state index in [4.69, 9.17) is 15.2 Å². The third-order valence-electron chi connectivity index (χ3n) is 3.94. The first kappa shape index (κ1) is 16.3. The van der Waals surface area contributed by atoms with E-state index in [1.807, 2.05) is 19.1 Å². The van der Waals surface area contributed by atoms with Gasteiger partial charge in [-0.05, 0) is 50.4 Å². The molecule has 1 aromatic carbocycles. The number of benzene rings is 1. The Morgan fingerprint density at radius 2 is 2.14 bits per heavy atom. The minimum absolute atomic E-state index is 0.0434. The second-order valence-electron chi connectivity index (χ2n) is 6.12. The lowest BCUT2D eigenvalue weighted by Crippen LogP contribution is -2.23. The van der Waals surface area contributed by atoms with E-state index >= 15 is 0 Å². The summed E-state index contributed by atoms with van der Waals surface area (Å²) in [5, 5.41) is 0. The average molecular weight is 292 g/mol. The summed E-state index contributed by atoms with van der Waals surface area (Å²) < 4.78 is 11.1. The largest absolute Gasteiger partial charge is 0.496 e. The van der Waals surface area contributed by atoms with Gasteiger partial charge in [-0.1, -0.05) is 6.07 Å². The maximum Gasteiger partial charge on any atom is 0.123 e. The van der Waals surface area contributed by atoms with Crippen LogP contribution in [0, 0.1) is 5.92 Å². The molecule has 4 nitrogen and oxygen atoms in total. The molecule has 0 saturated heterocycles. The van der Waals surface area contributed by atoms with Gasteiger partial charge in [0, 0.05) is 31.3 Å². The zero-order valence-electron chi connectivity index (χ0n) is 13.5. The maximum absolute atomic E-state index is 5.96. The van der Waals surface area contributed by atoms with Crippen molar-refractivity contribution in [1.82, 2.24) is 4.90 Å². The standard InChI is InChI=1S/C17H28N2O2/c1-13(18)15-6-7-17(20-3)16(10-15)11-19(2)8-9-21-12-14-4-5-14/h6-7,10,13-14H,4-5,8-9,11-12,18H2,1-3H3. The van der Waals surface area contributed by atoms with Gasteiger partial charge >= 0.3 is 0 Å². The Hall–Kier alpha value is -1.10. The third kappa shape index (κ3) is 5.30. The summed E-state index contributed by atoms with van der Waals surface area (Å²) in [5.41, 5.74) is 8.28. The number of hydrogen-bond acceptors (Lipinski definition) is 4. The van der Waals surface area contributed by atoms with Gasteiger partial charge in [-0.3, -0.25) is 4.90 Å². The quantitative estimate of drug-likeness (QED) is 0.711. The number of nitrogens with zero attached hydrogens (tertiary/aromatic N) is 1. The first-order valence-corrected chi connectivity index (χ1v) is 7.79. The van der Waals surface area contributed by atoms with Gasteiger partial charge in [-0.15, -0.1) is 0 Å². The van der Waals surface area contributed by atoms with Crippen LogP contribution in [0.2, 0.25) is 0 Å². The van der Waals surface area contributed by atoms with Crippen molar-refractivity contribution in [1.29, 1.82) is 0 Å². The zero-order chi connectivity index (χ0) is 15.2. The molecule has 0 bridgehead atoms. The molecule has 0 spiro atoms. The lowest BCUT2D eigenvalue weighted by molar-refractivity contribution is 0.102. The Kier molecular flexibility index (Phi) is 6.03. The Morgan fingerprint density at radius 3 is 2.76 bits per heavy atom. The summed E-state index contributed by atoms with van der Waals surface area (Å²) >= 11 is 0. The van der Waals surface area contributed by atoms with E-state index in [0.29, 0.717) is 0 Å². The molecule has 1 aromatic rings. The molecule has 21 heavy (non-hydrogen) atoms. The lowest BCUT2D eigenvalue weighted by atomic mass is 10.0. The Bertz CT molecular complexity index is 444. The normalized spacial score (nSPS) is 16.2. The van der Waals surface area contributed by atoms with E-state index in [0.717, 1.165) is 43.5 Å². The molecule has 0 aromatic heterocycles. The Balaban J connectivity index is 1.85. The van der Waals surface area contributed by atoms with Crippen LogP contribution in [0.4, 0.5) is 0 Å². The summed E-state index contributed by atoms with van der Waals surface area (Å²) in [7, 11) is 3.82. The lowest BCUT2D eigenvalue weighted by Gasteiger charge is -2.19. The third-order valence-corrected chi connectivity index (χ3v) is 3.94.